The monoisotopic (exact) mass is 576 g/mol. The molecular weight excluding hydrogens is 541 g/mol. The van der Waals surface area contributed by atoms with Crippen LogP contribution in [0.4, 0.5) is 5.69 Å². The maximum Gasteiger partial charge on any atom is 0.239 e. The summed E-state index contributed by atoms with van der Waals surface area (Å²) in [5, 5.41) is 10.9. The van der Waals surface area contributed by atoms with Gasteiger partial charge in [0.2, 0.25) is 7.49 Å². The smallest absolute Gasteiger partial charge is 0.239 e. The van der Waals surface area contributed by atoms with Crippen LogP contribution >= 0.6 is 7.49 Å². The van der Waals surface area contributed by atoms with Gasteiger partial charge in [0, 0.05) is 23.7 Å². The second-order valence-corrected chi connectivity index (χ2v) is 13.3. The summed E-state index contributed by atoms with van der Waals surface area (Å²) < 4.78 is 0. The van der Waals surface area contributed by atoms with E-state index in [0.29, 0.717) is 6.42 Å². The third-order valence-electron chi connectivity index (χ3n) is 7.97. The van der Waals surface area contributed by atoms with Gasteiger partial charge in [-0.25, -0.2) is 4.89 Å². The summed E-state index contributed by atoms with van der Waals surface area (Å²) in [5.74, 6) is 0. The Morgan fingerprint density at radius 1 is 0.674 bits per heavy atom. The second kappa shape index (κ2) is 12.6. The normalized spacial score (nSPS) is 12.0. The van der Waals surface area contributed by atoms with Crippen LogP contribution in [0.25, 0.3) is 32.7 Å². The number of rotatable bonds is 9. The van der Waals surface area contributed by atoms with Crippen molar-refractivity contribution in [1.29, 1.82) is 0 Å². The molecule has 6 rings (SSSR count). The van der Waals surface area contributed by atoms with Gasteiger partial charge in [0.05, 0.1) is 0 Å². The molecule has 0 atom stereocenters. The highest BCUT2D eigenvalue weighted by Crippen LogP contribution is 2.54. The summed E-state index contributed by atoms with van der Waals surface area (Å²) in [4.78, 5) is 13.1. The Labute approximate surface area is 254 Å². The summed E-state index contributed by atoms with van der Waals surface area (Å²) >= 11 is 0. The lowest BCUT2D eigenvalue weighted by Crippen LogP contribution is -2.31. The van der Waals surface area contributed by atoms with Crippen molar-refractivity contribution in [3.8, 4) is 11.1 Å². The van der Waals surface area contributed by atoms with Gasteiger partial charge in [0.25, 0.3) is 0 Å². The summed E-state index contributed by atoms with van der Waals surface area (Å²) in [5.41, 5.74) is 4.56. The summed E-state index contributed by atoms with van der Waals surface area (Å²) in [6.45, 7) is 3.79. The Morgan fingerprint density at radius 3 is 1.88 bits per heavy atom. The van der Waals surface area contributed by atoms with Gasteiger partial charge < -0.3 is 5.32 Å². The highest BCUT2D eigenvalue weighted by molar-refractivity contribution is 7.91. The lowest BCUT2D eigenvalue weighted by Gasteiger charge is -2.24. The van der Waals surface area contributed by atoms with Crippen LogP contribution in [0.5, 0.6) is 0 Å². The lowest BCUT2D eigenvalue weighted by molar-refractivity contribution is 0.633. The Kier molecular flexibility index (Phi) is 8.34. The van der Waals surface area contributed by atoms with Crippen LogP contribution < -0.4 is 21.2 Å². The molecule has 0 spiro atoms. The first-order valence-corrected chi connectivity index (χ1v) is 16.3. The summed E-state index contributed by atoms with van der Waals surface area (Å²) in [7, 11) is -1.000. The van der Waals surface area contributed by atoms with E-state index >= 15 is 0 Å². The molecule has 0 radical (unpaired) electrons. The van der Waals surface area contributed by atoms with Crippen molar-refractivity contribution >= 4 is 50.6 Å². The fourth-order valence-electron chi connectivity index (χ4n) is 5.94. The van der Waals surface area contributed by atoms with Crippen LogP contribution in [0, 0.1) is 0 Å². The highest BCUT2D eigenvalue weighted by atomic mass is 31.2. The number of fused-ring (bicyclic) bond motifs is 2. The number of benzene rings is 6. The van der Waals surface area contributed by atoms with Gasteiger partial charge in [-0.3, -0.25) is 0 Å². The number of allylic oxidation sites excluding steroid dienone is 5. The van der Waals surface area contributed by atoms with Crippen LogP contribution in [0.3, 0.4) is 0 Å². The fraction of sp³-hybridized carbons (Fsp3) is 0.0500. The zero-order valence-electron chi connectivity index (χ0n) is 24.3. The van der Waals surface area contributed by atoms with E-state index in [1.165, 1.54) is 16.3 Å². The van der Waals surface area contributed by atoms with E-state index in [2.05, 4.69) is 115 Å². The molecule has 0 saturated carbocycles. The molecular formula is C40H35NOP+. The zero-order chi connectivity index (χ0) is 29.6. The minimum Gasteiger partial charge on any atom is -0.388 e. The van der Waals surface area contributed by atoms with Crippen LogP contribution in [-0.4, -0.2) is 11.9 Å². The summed E-state index contributed by atoms with van der Waals surface area (Å²) in [6, 6.07) is 44.2. The van der Waals surface area contributed by atoms with E-state index in [0.717, 1.165) is 43.5 Å². The van der Waals surface area contributed by atoms with Gasteiger partial charge in [-0.15, -0.1) is 0 Å². The molecule has 0 aliphatic rings. The average Bonchev–Trinajstić information content (AvgIpc) is 3.07. The van der Waals surface area contributed by atoms with Crippen LogP contribution in [-0.2, 0) is 6.42 Å². The van der Waals surface area contributed by atoms with Crippen molar-refractivity contribution in [1.82, 2.24) is 0 Å². The van der Waals surface area contributed by atoms with E-state index < -0.39 is 7.49 Å². The van der Waals surface area contributed by atoms with Crippen molar-refractivity contribution in [3.05, 3.63) is 170 Å². The molecule has 0 heterocycles. The minimum absolute atomic E-state index is 0.703. The average molecular weight is 577 g/mol. The molecule has 2 nitrogen and oxygen atoms in total. The molecule has 0 aromatic heterocycles. The minimum atomic E-state index is -2.98. The number of nitrogens with one attached hydrogen (secondary N) is 1. The van der Waals surface area contributed by atoms with Crippen molar-refractivity contribution in [2.75, 3.05) is 12.4 Å². The molecule has 6 aromatic rings. The van der Waals surface area contributed by atoms with E-state index in [1.807, 2.05) is 55.6 Å². The van der Waals surface area contributed by atoms with Crippen molar-refractivity contribution in [2.45, 2.75) is 6.42 Å². The molecule has 210 valence electrons. The number of hydrogen-bond acceptors (Lipinski definition) is 2. The third kappa shape index (κ3) is 5.44. The Bertz CT molecular complexity index is 1920. The van der Waals surface area contributed by atoms with Crippen molar-refractivity contribution < 1.29 is 4.89 Å². The van der Waals surface area contributed by atoms with Gasteiger partial charge in [-0.2, -0.15) is 0 Å². The zero-order valence-corrected chi connectivity index (χ0v) is 25.2. The summed E-state index contributed by atoms with van der Waals surface area (Å²) in [6.07, 6.45) is 10.7. The Hall–Kier alpha value is -4.75. The lowest BCUT2D eigenvalue weighted by atomic mass is 9.89. The number of anilines is 1. The number of hydrogen-bond donors (Lipinski definition) is 2. The van der Waals surface area contributed by atoms with Gasteiger partial charge in [-0.1, -0.05) is 122 Å². The van der Waals surface area contributed by atoms with Gasteiger partial charge in [0.15, 0.2) is 0 Å². The first-order chi connectivity index (χ1) is 21.1. The Morgan fingerprint density at radius 2 is 1.26 bits per heavy atom. The quantitative estimate of drug-likeness (QED) is 0.133. The third-order valence-corrected chi connectivity index (χ3v) is 11.1. The van der Waals surface area contributed by atoms with Crippen LogP contribution in [0.2, 0.25) is 0 Å². The highest BCUT2D eigenvalue weighted by Gasteiger charge is 2.46. The molecule has 0 saturated heterocycles. The molecule has 0 amide bonds. The largest absolute Gasteiger partial charge is 0.388 e. The first kappa shape index (κ1) is 28.4. The van der Waals surface area contributed by atoms with E-state index in [-0.39, 0.29) is 0 Å². The fourth-order valence-corrected chi connectivity index (χ4v) is 8.89. The molecule has 0 bridgehead atoms. The maximum atomic E-state index is 13.1. The standard InChI is InChI=1S/C40H35NOP/c1-3-4-5-6-9-20-32-29-39(43(42,33-21-10-7-11-22-33)34-23-12-8-13-24-34)35-25-16-17-26-36(35)40(32)37-27-30-18-14-15-19-31(30)28-38(37)41-2/h3-19,21-29,41-42H,1,20H2,2H3/q+1/b5-4-,9-6+. The Balaban J connectivity index is 1.71. The second-order valence-electron chi connectivity index (χ2n) is 10.5. The molecule has 0 aliphatic heterocycles. The first-order valence-electron chi connectivity index (χ1n) is 14.6. The SMILES string of the molecule is C=C/C=C\C=C\Cc1cc([P+](O)(c2ccccc2)c2ccccc2)c2ccccc2c1-c1cc2ccccc2cc1NC. The molecule has 0 unspecified atom stereocenters. The molecule has 6 aromatic carbocycles. The van der Waals surface area contributed by atoms with E-state index in [9.17, 15) is 4.89 Å². The van der Waals surface area contributed by atoms with Gasteiger partial charge in [-0.05, 0) is 76.2 Å². The van der Waals surface area contributed by atoms with Gasteiger partial charge >= 0.3 is 0 Å². The van der Waals surface area contributed by atoms with Crippen LogP contribution in [0.1, 0.15) is 5.56 Å². The predicted octanol–water partition coefficient (Wildman–Crippen LogP) is 8.74. The van der Waals surface area contributed by atoms with E-state index in [4.69, 9.17) is 0 Å². The van der Waals surface area contributed by atoms with Crippen molar-refractivity contribution in [2.24, 2.45) is 0 Å². The molecule has 2 N–H and O–H groups in total. The molecule has 43 heavy (non-hydrogen) atoms. The molecule has 0 aliphatic carbocycles. The topological polar surface area (TPSA) is 32.3 Å². The predicted molar refractivity (Wildman–Crippen MR) is 190 cm³/mol. The van der Waals surface area contributed by atoms with Crippen molar-refractivity contribution in [3.63, 3.8) is 0 Å². The van der Waals surface area contributed by atoms with E-state index in [1.54, 1.807) is 6.08 Å². The molecule has 3 heteroatoms. The molecule has 0 fully saturated rings. The maximum absolute atomic E-state index is 13.1. The van der Waals surface area contributed by atoms with Gasteiger partial charge in [0.1, 0.15) is 15.9 Å². The van der Waals surface area contributed by atoms with Crippen LogP contribution in [0.15, 0.2) is 164 Å².